The van der Waals surface area contributed by atoms with E-state index < -0.39 is 21.7 Å². The summed E-state index contributed by atoms with van der Waals surface area (Å²) >= 11 is 0. The molecule has 1 atom stereocenters. The van der Waals surface area contributed by atoms with Gasteiger partial charge in [0.25, 0.3) is 0 Å². The third-order valence-electron chi connectivity index (χ3n) is 4.81. The number of hydrogen-bond donors (Lipinski definition) is 0. The second-order valence-corrected chi connectivity index (χ2v) is 9.06. The molecule has 1 unspecified atom stereocenters. The summed E-state index contributed by atoms with van der Waals surface area (Å²) in [6.45, 7) is 6.19. The zero-order valence-corrected chi connectivity index (χ0v) is 16.1. The molecule has 0 bridgehead atoms. The van der Waals surface area contributed by atoms with Crippen LogP contribution in [0.25, 0.3) is 0 Å². The van der Waals surface area contributed by atoms with Gasteiger partial charge >= 0.3 is 0 Å². The van der Waals surface area contributed by atoms with E-state index in [9.17, 15) is 12.8 Å². The van der Waals surface area contributed by atoms with Crippen LogP contribution in [0.15, 0.2) is 53.4 Å². The highest BCUT2D eigenvalue weighted by molar-refractivity contribution is 7.89. The van der Waals surface area contributed by atoms with Gasteiger partial charge in [0.2, 0.25) is 10.0 Å². The summed E-state index contributed by atoms with van der Waals surface area (Å²) in [6, 6.07) is 13.0. The van der Waals surface area contributed by atoms with Crippen molar-refractivity contribution in [2.24, 2.45) is 0 Å². The van der Waals surface area contributed by atoms with Crippen LogP contribution in [0.5, 0.6) is 0 Å². The summed E-state index contributed by atoms with van der Waals surface area (Å²) in [4.78, 5) is 0.280. The number of halogens is 1. The fourth-order valence-corrected chi connectivity index (χ4v) is 4.92. The van der Waals surface area contributed by atoms with Gasteiger partial charge in [-0.15, -0.1) is 0 Å². The van der Waals surface area contributed by atoms with Gasteiger partial charge in [0.05, 0.1) is 23.1 Å². The van der Waals surface area contributed by atoms with Crippen molar-refractivity contribution >= 4 is 10.0 Å². The predicted octanol–water partition coefficient (Wildman–Crippen LogP) is 3.93. The average Bonchev–Trinajstić information content (AvgIpc) is 2.62. The first-order valence-electron chi connectivity index (χ1n) is 8.73. The first kappa shape index (κ1) is 19.0. The van der Waals surface area contributed by atoms with Gasteiger partial charge in [0.1, 0.15) is 5.82 Å². The number of hydrogen-bond acceptors (Lipinski definition) is 3. The van der Waals surface area contributed by atoms with Crippen LogP contribution in [0.4, 0.5) is 4.39 Å². The quantitative estimate of drug-likeness (QED) is 0.811. The molecule has 2 aromatic rings. The third kappa shape index (κ3) is 3.68. The van der Waals surface area contributed by atoms with Crippen LogP contribution in [0, 0.1) is 5.82 Å². The summed E-state index contributed by atoms with van der Waals surface area (Å²) in [5, 5.41) is 0. The van der Waals surface area contributed by atoms with Crippen molar-refractivity contribution in [3.63, 3.8) is 0 Å². The van der Waals surface area contributed by atoms with Gasteiger partial charge in [-0.3, -0.25) is 0 Å². The number of rotatable bonds is 4. The Morgan fingerprint density at radius 1 is 1.12 bits per heavy atom. The predicted molar refractivity (Wildman–Crippen MR) is 98.9 cm³/mol. The van der Waals surface area contributed by atoms with Gasteiger partial charge in [0.15, 0.2) is 0 Å². The molecule has 2 aromatic carbocycles. The van der Waals surface area contributed by atoms with Gasteiger partial charge in [0, 0.05) is 6.54 Å². The molecule has 6 heteroatoms. The first-order valence-corrected chi connectivity index (χ1v) is 10.2. The summed E-state index contributed by atoms with van der Waals surface area (Å²) in [6.07, 6.45) is 0.434. The van der Waals surface area contributed by atoms with Gasteiger partial charge in [-0.2, -0.15) is 4.31 Å². The Bertz CT molecular complexity index is 861. The van der Waals surface area contributed by atoms with Crippen molar-refractivity contribution in [2.75, 3.05) is 13.2 Å². The maximum absolute atomic E-state index is 13.2. The molecular formula is C20H24FNO3S. The molecule has 140 valence electrons. The highest BCUT2D eigenvalue weighted by atomic mass is 32.2. The highest BCUT2D eigenvalue weighted by Gasteiger charge is 2.43. The molecular weight excluding hydrogens is 353 g/mol. The Labute approximate surface area is 154 Å². The van der Waals surface area contributed by atoms with Crippen molar-refractivity contribution < 1.29 is 17.5 Å². The van der Waals surface area contributed by atoms with Crippen molar-refractivity contribution in [1.29, 1.82) is 0 Å². The lowest BCUT2D eigenvalue weighted by molar-refractivity contribution is -0.0655. The fraction of sp³-hybridized carbons (Fsp3) is 0.400. The second kappa shape index (κ2) is 7.10. The molecule has 0 aromatic heterocycles. The van der Waals surface area contributed by atoms with Crippen molar-refractivity contribution in [3.05, 3.63) is 65.5 Å². The highest BCUT2D eigenvalue weighted by Crippen LogP contribution is 2.34. The molecule has 1 fully saturated rings. The third-order valence-corrected chi connectivity index (χ3v) is 6.90. The second-order valence-electron chi connectivity index (χ2n) is 7.20. The largest absolute Gasteiger partial charge is 0.370 e. The molecule has 3 rings (SSSR count). The number of nitrogens with zero attached hydrogens (tertiary/aromatic N) is 1. The monoisotopic (exact) mass is 377 g/mol. The Balaban J connectivity index is 1.92. The van der Waals surface area contributed by atoms with E-state index in [1.165, 1.54) is 16.4 Å². The first-order chi connectivity index (χ1) is 12.2. The average molecular weight is 377 g/mol. The van der Waals surface area contributed by atoms with Crippen molar-refractivity contribution in [1.82, 2.24) is 4.31 Å². The summed E-state index contributed by atoms with van der Waals surface area (Å²) in [7, 11) is -3.66. The minimum Gasteiger partial charge on any atom is -0.370 e. The maximum Gasteiger partial charge on any atom is 0.243 e. The van der Waals surface area contributed by atoms with Crippen LogP contribution in [0.2, 0.25) is 0 Å². The van der Waals surface area contributed by atoms with E-state index in [0.29, 0.717) is 0 Å². The molecule has 1 aliphatic rings. The lowest BCUT2D eigenvalue weighted by atomic mass is 10.0. The van der Waals surface area contributed by atoms with Crippen LogP contribution in [0.1, 0.15) is 38.0 Å². The Morgan fingerprint density at radius 2 is 1.73 bits per heavy atom. The van der Waals surface area contributed by atoms with E-state index in [0.717, 1.165) is 17.5 Å². The standard InChI is InChI=1S/C20H24FNO3S/c1-4-15-5-11-18(12-6-15)26(23,24)22-13-19(25-14-20(22,2)3)16-7-9-17(21)10-8-16/h5-12,19H,4,13-14H2,1-3H3. The SMILES string of the molecule is CCc1ccc(S(=O)(=O)N2CC(c3ccc(F)cc3)OCC2(C)C)cc1. The molecule has 1 heterocycles. The van der Waals surface area contributed by atoms with Gasteiger partial charge in [-0.05, 0) is 55.7 Å². The Kier molecular flexibility index (Phi) is 5.19. The summed E-state index contributed by atoms with van der Waals surface area (Å²) in [5.41, 5.74) is 1.19. The molecule has 0 spiro atoms. The Hall–Kier alpha value is -1.76. The van der Waals surface area contributed by atoms with Gasteiger partial charge in [-0.1, -0.05) is 31.2 Å². The number of aryl methyl sites for hydroxylation is 1. The van der Waals surface area contributed by atoms with Gasteiger partial charge in [-0.25, -0.2) is 12.8 Å². The molecule has 0 amide bonds. The minimum absolute atomic E-state index is 0.191. The van der Waals surface area contributed by atoms with Crippen LogP contribution >= 0.6 is 0 Å². The number of sulfonamides is 1. The number of benzene rings is 2. The zero-order chi connectivity index (χ0) is 18.9. The van der Waals surface area contributed by atoms with Crippen LogP contribution in [-0.2, 0) is 21.2 Å². The lowest BCUT2D eigenvalue weighted by Gasteiger charge is -2.44. The fourth-order valence-electron chi connectivity index (χ4n) is 3.15. The van der Waals surface area contributed by atoms with Gasteiger partial charge < -0.3 is 4.74 Å². The van der Waals surface area contributed by atoms with E-state index in [2.05, 4.69) is 0 Å². The van der Waals surface area contributed by atoms with Crippen molar-refractivity contribution in [2.45, 2.75) is 43.7 Å². The molecule has 1 aliphatic heterocycles. The molecule has 4 nitrogen and oxygen atoms in total. The Morgan fingerprint density at radius 3 is 2.31 bits per heavy atom. The van der Waals surface area contributed by atoms with Crippen LogP contribution in [-0.4, -0.2) is 31.4 Å². The smallest absolute Gasteiger partial charge is 0.243 e. The molecule has 1 saturated heterocycles. The number of morpholine rings is 1. The number of ether oxygens (including phenoxy) is 1. The van der Waals surface area contributed by atoms with Crippen molar-refractivity contribution in [3.8, 4) is 0 Å². The zero-order valence-electron chi connectivity index (χ0n) is 15.3. The molecule has 0 N–H and O–H groups in total. The van der Waals surface area contributed by atoms with E-state index in [1.807, 2.05) is 32.9 Å². The summed E-state index contributed by atoms with van der Waals surface area (Å²) in [5.74, 6) is -0.328. The van der Waals surface area contributed by atoms with E-state index >= 15 is 0 Å². The van der Waals surface area contributed by atoms with E-state index in [-0.39, 0.29) is 23.9 Å². The minimum atomic E-state index is -3.66. The lowest BCUT2D eigenvalue weighted by Crippen LogP contribution is -2.56. The molecule has 0 aliphatic carbocycles. The molecule has 26 heavy (non-hydrogen) atoms. The molecule has 0 radical (unpaired) electrons. The van der Waals surface area contributed by atoms with Crippen LogP contribution < -0.4 is 0 Å². The topological polar surface area (TPSA) is 46.6 Å². The van der Waals surface area contributed by atoms with E-state index in [4.69, 9.17) is 4.74 Å². The summed E-state index contributed by atoms with van der Waals surface area (Å²) < 4.78 is 47.1. The van der Waals surface area contributed by atoms with E-state index in [1.54, 1.807) is 24.3 Å². The maximum atomic E-state index is 13.2. The molecule has 0 saturated carbocycles. The van der Waals surface area contributed by atoms with Crippen LogP contribution in [0.3, 0.4) is 0 Å². The normalized spacial score (nSPS) is 20.8.